The average Bonchev–Trinajstić information content (AvgIpc) is 2.80. The molecule has 5 nitrogen and oxygen atoms in total. The molecule has 0 spiro atoms. The number of hydrogen-bond donors (Lipinski definition) is 2. The Bertz CT molecular complexity index is 646. The molecule has 20 heavy (non-hydrogen) atoms. The number of rotatable bonds is 5. The lowest BCUT2D eigenvalue weighted by Gasteiger charge is -2.10. The van der Waals surface area contributed by atoms with Crippen LogP contribution in [0.15, 0.2) is 21.1 Å². The van der Waals surface area contributed by atoms with Gasteiger partial charge in [0.15, 0.2) is 11.6 Å². The van der Waals surface area contributed by atoms with E-state index in [1.54, 1.807) is 19.1 Å². The first kappa shape index (κ1) is 14.9. The Kier molecular flexibility index (Phi) is 4.66. The minimum atomic E-state index is -0.433. The van der Waals surface area contributed by atoms with Crippen LogP contribution in [0.4, 0.5) is 10.1 Å². The molecule has 2 aromatic rings. The van der Waals surface area contributed by atoms with Crippen molar-refractivity contribution >= 4 is 38.8 Å². The summed E-state index contributed by atoms with van der Waals surface area (Å²) in [5.74, 6) is 0.654. The van der Waals surface area contributed by atoms with Crippen LogP contribution in [0.2, 0.25) is 0 Å². The van der Waals surface area contributed by atoms with E-state index in [0.717, 1.165) is 0 Å². The molecule has 0 fully saturated rings. The summed E-state index contributed by atoms with van der Waals surface area (Å²) in [7, 11) is 0. The Morgan fingerprint density at radius 1 is 1.55 bits per heavy atom. The van der Waals surface area contributed by atoms with E-state index < -0.39 is 5.82 Å². The maximum atomic E-state index is 14.1. The normalized spacial score (nSPS) is 10.6. The molecule has 0 bridgehead atoms. The molecule has 3 N–H and O–H groups in total. The van der Waals surface area contributed by atoms with E-state index >= 15 is 0 Å². The maximum absolute atomic E-state index is 14.1. The van der Waals surface area contributed by atoms with Gasteiger partial charge in [-0.15, -0.1) is 0 Å². The Morgan fingerprint density at radius 3 is 2.90 bits per heavy atom. The largest absolute Gasteiger partial charge is 0.389 e. The average molecular weight is 359 g/mol. The first-order valence-electron chi connectivity index (χ1n) is 5.80. The van der Waals surface area contributed by atoms with Gasteiger partial charge in [0.05, 0.1) is 10.2 Å². The molecule has 0 saturated heterocycles. The van der Waals surface area contributed by atoms with Gasteiger partial charge in [-0.2, -0.15) is 4.98 Å². The van der Waals surface area contributed by atoms with E-state index in [0.29, 0.717) is 35.9 Å². The minimum absolute atomic E-state index is 0.142. The first-order chi connectivity index (χ1) is 9.49. The highest BCUT2D eigenvalue weighted by Crippen LogP contribution is 2.27. The monoisotopic (exact) mass is 358 g/mol. The number of benzene rings is 1. The van der Waals surface area contributed by atoms with Crippen molar-refractivity contribution in [3.63, 3.8) is 0 Å². The van der Waals surface area contributed by atoms with Crippen molar-refractivity contribution in [2.24, 2.45) is 5.73 Å². The van der Waals surface area contributed by atoms with Crippen LogP contribution in [0, 0.1) is 12.7 Å². The van der Waals surface area contributed by atoms with Gasteiger partial charge in [-0.1, -0.05) is 17.4 Å². The van der Waals surface area contributed by atoms with E-state index in [1.807, 2.05) is 0 Å². The molecule has 0 aliphatic rings. The highest BCUT2D eigenvalue weighted by Gasteiger charge is 2.12. The van der Waals surface area contributed by atoms with Crippen molar-refractivity contribution in [1.82, 2.24) is 10.1 Å². The van der Waals surface area contributed by atoms with Gasteiger partial charge in [-0.3, -0.25) is 0 Å². The first-order valence-corrected chi connectivity index (χ1v) is 7.00. The van der Waals surface area contributed by atoms with Crippen molar-refractivity contribution in [2.45, 2.75) is 13.3 Å². The lowest BCUT2D eigenvalue weighted by atomic mass is 10.2. The Balaban J connectivity index is 2.03. The molecule has 0 atom stereocenters. The number of halogens is 2. The Morgan fingerprint density at radius 2 is 2.30 bits per heavy atom. The predicted molar refractivity (Wildman–Crippen MR) is 81.2 cm³/mol. The van der Waals surface area contributed by atoms with Crippen LogP contribution in [0.1, 0.15) is 17.3 Å². The quantitative estimate of drug-likeness (QED) is 0.799. The van der Waals surface area contributed by atoms with E-state index in [9.17, 15) is 4.39 Å². The fraction of sp³-hybridized carbons (Fsp3) is 0.250. The molecule has 0 amide bonds. The number of aromatic nitrogens is 2. The fourth-order valence-electron chi connectivity index (χ4n) is 1.62. The highest BCUT2D eigenvalue weighted by atomic mass is 79.9. The smallest absolute Gasteiger partial charge is 0.228 e. The second-order valence-electron chi connectivity index (χ2n) is 4.07. The van der Waals surface area contributed by atoms with Crippen molar-refractivity contribution in [3.8, 4) is 0 Å². The molecule has 8 heteroatoms. The summed E-state index contributed by atoms with van der Waals surface area (Å²) in [6, 6.07) is 3.25. The maximum Gasteiger partial charge on any atom is 0.228 e. The van der Waals surface area contributed by atoms with Gasteiger partial charge in [-0.25, -0.2) is 4.39 Å². The van der Waals surface area contributed by atoms with E-state index in [4.69, 9.17) is 22.5 Å². The van der Waals surface area contributed by atoms with Crippen LogP contribution in [-0.2, 0) is 6.42 Å². The molecule has 0 aliphatic heterocycles. The summed E-state index contributed by atoms with van der Waals surface area (Å²) in [4.78, 5) is 4.21. The second-order valence-corrected chi connectivity index (χ2v) is 5.30. The molecular formula is C12H12BrFN4OS. The third kappa shape index (κ3) is 3.31. The molecular weight excluding hydrogens is 347 g/mol. The molecule has 1 heterocycles. The zero-order valence-electron chi connectivity index (χ0n) is 10.6. The minimum Gasteiger partial charge on any atom is -0.389 e. The summed E-state index contributed by atoms with van der Waals surface area (Å²) < 4.78 is 19.3. The van der Waals surface area contributed by atoms with Crippen molar-refractivity contribution < 1.29 is 8.91 Å². The van der Waals surface area contributed by atoms with Gasteiger partial charge in [0.25, 0.3) is 0 Å². The van der Waals surface area contributed by atoms with Crippen LogP contribution in [0.5, 0.6) is 0 Å². The molecule has 0 aliphatic carbocycles. The molecule has 0 unspecified atom stereocenters. The molecule has 2 rings (SSSR count). The standard InChI is InChI=1S/C12H12BrFN4OS/c1-6-17-9(19-18-6)4-5-16-8-3-2-7(12(15)20)10(13)11(8)14/h2-3,16H,4-5H2,1H3,(H2,15,20). The third-order valence-electron chi connectivity index (χ3n) is 2.57. The van der Waals surface area contributed by atoms with Gasteiger partial charge in [0.1, 0.15) is 4.99 Å². The summed E-state index contributed by atoms with van der Waals surface area (Å²) in [6.45, 7) is 2.21. The lowest BCUT2D eigenvalue weighted by molar-refractivity contribution is 0.377. The van der Waals surface area contributed by atoms with Crippen molar-refractivity contribution in [1.29, 1.82) is 0 Å². The van der Waals surface area contributed by atoms with E-state index in [2.05, 4.69) is 31.4 Å². The Labute approximate surface area is 128 Å². The molecule has 1 aromatic carbocycles. The van der Waals surface area contributed by atoms with Crippen molar-refractivity contribution in [3.05, 3.63) is 39.7 Å². The van der Waals surface area contributed by atoms with Crippen molar-refractivity contribution in [2.75, 3.05) is 11.9 Å². The number of nitrogens with two attached hydrogens (primary N) is 1. The summed E-state index contributed by atoms with van der Waals surface area (Å²) in [5.41, 5.74) is 6.32. The van der Waals surface area contributed by atoms with Gasteiger partial charge >= 0.3 is 0 Å². The second kappa shape index (κ2) is 6.27. The topological polar surface area (TPSA) is 77.0 Å². The number of nitrogens with one attached hydrogen (secondary N) is 1. The molecule has 0 saturated carbocycles. The number of nitrogens with zero attached hydrogens (tertiary/aromatic N) is 2. The number of hydrogen-bond acceptors (Lipinski definition) is 5. The Hall–Kier alpha value is -1.54. The summed E-state index contributed by atoms with van der Waals surface area (Å²) >= 11 is 7.99. The van der Waals surface area contributed by atoms with Gasteiger partial charge in [0, 0.05) is 18.5 Å². The summed E-state index contributed by atoms with van der Waals surface area (Å²) in [5, 5.41) is 6.64. The van der Waals surface area contributed by atoms with Crippen LogP contribution in [-0.4, -0.2) is 21.7 Å². The highest BCUT2D eigenvalue weighted by molar-refractivity contribution is 9.10. The molecule has 0 radical (unpaired) electrons. The third-order valence-corrected chi connectivity index (χ3v) is 3.57. The molecule has 106 valence electrons. The molecule has 1 aromatic heterocycles. The number of aryl methyl sites for hydroxylation is 1. The number of anilines is 1. The lowest BCUT2D eigenvalue weighted by Crippen LogP contribution is -2.12. The van der Waals surface area contributed by atoms with E-state index in [-0.39, 0.29) is 9.46 Å². The zero-order valence-corrected chi connectivity index (χ0v) is 13.0. The van der Waals surface area contributed by atoms with Gasteiger partial charge < -0.3 is 15.6 Å². The van der Waals surface area contributed by atoms with Crippen LogP contribution < -0.4 is 11.1 Å². The predicted octanol–water partition coefficient (Wildman–Crippen LogP) is 2.57. The number of thiocarbonyl (C=S) groups is 1. The SMILES string of the molecule is Cc1noc(CCNc2ccc(C(N)=S)c(Br)c2F)n1. The fourth-order valence-corrected chi connectivity index (χ4v) is 2.48. The van der Waals surface area contributed by atoms with E-state index in [1.165, 1.54) is 0 Å². The zero-order chi connectivity index (χ0) is 14.7. The van der Waals surface area contributed by atoms with Gasteiger partial charge in [-0.05, 0) is 35.0 Å². The van der Waals surface area contributed by atoms with Crippen LogP contribution >= 0.6 is 28.1 Å². The van der Waals surface area contributed by atoms with Crippen LogP contribution in [0.25, 0.3) is 0 Å². The van der Waals surface area contributed by atoms with Gasteiger partial charge in [0.2, 0.25) is 5.89 Å². The van der Waals surface area contributed by atoms with Crippen LogP contribution in [0.3, 0.4) is 0 Å². The summed E-state index contributed by atoms with van der Waals surface area (Å²) in [6.07, 6.45) is 0.509.